The minimum absolute atomic E-state index is 0. The first-order valence-electron chi connectivity index (χ1n) is 6.84. The third kappa shape index (κ3) is 4.67. The summed E-state index contributed by atoms with van der Waals surface area (Å²) in [7, 11) is 0. The molecule has 0 heterocycles. The van der Waals surface area contributed by atoms with E-state index < -0.39 is 0 Å². The molecule has 2 rings (SSSR count). The highest BCUT2D eigenvalue weighted by atomic mass is 127. The zero-order valence-electron chi connectivity index (χ0n) is 11.8. The molecule has 0 spiro atoms. The molecular formula is C15H24IN3. The Hall–Kier alpha value is -0.780. The summed E-state index contributed by atoms with van der Waals surface area (Å²) in [5, 5.41) is 3.25. The van der Waals surface area contributed by atoms with Crippen molar-refractivity contribution in [2.24, 2.45) is 16.6 Å². The topological polar surface area (TPSA) is 50.4 Å². The molecule has 1 aliphatic rings. The summed E-state index contributed by atoms with van der Waals surface area (Å²) in [5.41, 5.74) is 9.95. The number of halogens is 1. The van der Waals surface area contributed by atoms with Crippen LogP contribution >= 0.6 is 24.0 Å². The molecule has 1 aromatic rings. The third-order valence-electron chi connectivity index (χ3n) is 3.29. The monoisotopic (exact) mass is 373 g/mol. The van der Waals surface area contributed by atoms with E-state index in [-0.39, 0.29) is 24.0 Å². The fourth-order valence-electron chi connectivity index (χ4n) is 2.36. The first kappa shape index (κ1) is 16.3. The predicted molar refractivity (Wildman–Crippen MR) is 93.4 cm³/mol. The summed E-state index contributed by atoms with van der Waals surface area (Å²) in [6, 6.07) is 6.42. The van der Waals surface area contributed by atoms with Gasteiger partial charge in [-0.25, -0.2) is 0 Å². The normalized spacial score (nSPS) is 14.8. The standard InChI is InChI=1S/C15H23N3.HI/c1-11(2)10-17-15(16)18-14-9-5-7-12-6-3-4-8-13(12)14;/h5,7,9,11H,3-4,6,8,10H2,1-2H3,(H3,16,17,18);1H. The molecule has 0 saturated heterocycles. The Morgan fingerprint density at radius 1 is 1.32 bits per heavy atom. The van der Waals surface area contributed by atoms with E-state index in [1.165, 1.54) is 30.4 Å². The van der Waals surface area contributed by atoms with Crippen LogP contribution in [-0.4, -0.2) is 12.5 Å². The number of hydrogen-bond donors (Lipinski definition) is 2. The Kier molecular flexibility index (Phi) is 6.62. The van der Waals surface area contributed by atoms with Gasteiger partial charge in [0, 0.05) is 12.2 Å². The van der Waals surface area contributed by atoms with Crippen LogP contribution in [0.3, 0.4) is 0 Å². The molecule has 0 amide bonds. The minimum Gasteiger partial charge on any atom is -0.370 e. The Balaban J connectivity index is 0.00000180. The lowest BCUT2D eigenvalue weighted by atomic mass is 9.90. The smallest absolute Gasteiger partial charge is 0.193 e. The lowest BCUT2D eigenvalue weighted by Crippen LogP contribution is -2.24. The molecule has 3 N–H and O–H groups in total. The maximum absolute atomic E-state index is 5.93. The van der Waals surface area contributed by atoms with Crippen LogP contribution in [0, 0.1) is 5.92 Å². The fraction of sp³-hybridized carbons (Fsp3) is 0.533. The molecular weight excluding hydrogens is 349 g/mol. The zero-order chi connectivity index (χ0) is 13.0. The van der Waals surface area contributed by atoms with Crippen LogP contribution < -0.4 is 11.1 Å². The van der Waals surface area contributed by atoms with E-state index in [9.17, 15) is 0 Å². The van der Waals surface area contributed by atoms with E-state index in [4.69, 9.17) is 5.73 Å². The largest absolute Gasteiger partial charge is 0.370 e. The molecule has 0 atom stereocenters. The second-order valence-corrected chi connectivity index (χ2v) is 5.40. The summed E-state index contributed by atoms with van der Waals surface area (Å²) < 4.78 is 0. The number of hydrogen-bond acceptors (Lipinski definition) is 1. The van der Waals surface area contributed by atoms with Crippen molar-refractivity contribution >= 4 is 35.6 Å². The van der Waals surface area contributed by atoms with Gasteiger partial charge in [0.05, 0.1) is 0 Å². The summed E-state index contributed by atoms with van der Waals surface area (Å²) in [6.45, 7) is 5.05. The average molecular weight is 373 g/mol. The number of fused-ring (bicyclic) bond motifs is 1. The third-order valence-corrected chi connectivity index (χ3v) is 3.29. The van der Waals surface area contributed by atoms with Crippen molar-refractivity contribution in [3.05, 3.63) is 29.3 Å². The van der Waals surface area contributed by atoms with E-state index in [0.29, 0.717) is 11.9 Å². The van der Waals surface area contributed by atoms with Crippen LogP contribution in [0.1, 0.15) is 37.8 Å². The van der Waals surface area contributed by atoms with Gasteiger partial charge in [0.1, 0.15) is 0 Å². The van der Waals surface area contributed by atoms with Crippen LogP contribution in [0.25, 0.3) is 0 Å². The highest BCUT2D eigenvalue weighted by Crippen LogP contribution is 2.27. The number of benzene rings is 1. The van der Waals surface area contributed by atoms with Crippen molar-refractivity contribution < 1.29 is 0 Å². The summed E-state index contributed by atoms with van der Waals surface area (Å²) in [6.07, 6.45) is 4.91. The van der Waals surface area contributed by atoms with Gasteiger partial charge in [-0.3, -0.25) is 4.99 Å². The van der Waals surface area contributed by atoms with Crippen molar-refractivity contribution in [1.29, 1.82) is 0 Å². The summed E-state index contributed by atoms with van der Waals surface area (Å²) in [5.74, 6) is 1.07. The van der Waals surface area contributed by atoms with Crippen molar-refractivity contribution in [3.8, 4) is 0 Å². The van der Waals surface area contributed by atoms with E-state index >= 15 is 0 Å². The molecule has 0 unspecified atom stereocenters. The molecule has 0 saturated carbocycles. The van der Waals surface area contributed by atoms with Crippen molar-refractivity contribution in [3.63, 3.8) is 0 Å². The number of rotatable bonds is 3. The Labute approximate surface area is 133 Å². The molecule has 0 fully saturated rings. The number of nitrogens with one attached hydrogen (secondary N) is 1. The van der Waals surface area contributed by atoms with Gasteiger partial charge in [-0.1, -0.05) is 26.0 Å². The van der Waals surface area contributed by atoms with Crippen molar-refractivity contribution in [2.75, 3.05) is 11.9 Å². The van der Waals surface area contributed by atoms with Crippen molar-refractivity contribution in [2.45, 2.75) is 39.5 Å². The quantitative estimate of drug-likeness (QED) is 0.484. The molecule has 0 aliphatic heterocycles. The maximum atomic E-state index is 5.93. The number of nitrogens with zero attached hydrogens (tertiary/aromatic N) is 1. The molecule has 0 radical (unpaired) electrons. The molecule has 0 aromatic heterocycles. The van der Waals surface area contributed by atoms with Crippen LogP contribution in [0.5, 0.6) is 0 Å². The number of aliphatic imine (C=N–C) groups is 1. The van der Waals surface area contributed by atoms with E-state index in [2.05, 4.69) is 42.4 Å². The Morgan fingerprint density at radius 2 is 2.05 bits per heavy atom. The fourth-order valence-corrected chi connectivity index (χ4v) is 2.36. The molecule has 4 heteroatoms. The molecule has 3 nitrogen and oxygen atoms in total. The molecule has 0 bridgehead atoms. The number of guanidine groups is 1. The highest BCUT2D eigenvalue weighted by Gasteiger charge is 2.12. The SMILES string of the molecule is CC(C)CN=C(N)Nc1cccc2c1CCCC2.I. The van der Waals surface area contributed by atoms with E-state index in [1.807, 2.05) is 0 Å². The van der Waals surface area contributed by atoms with Gasteiger partial charge < -0.3 is 11.1 Å². The van der Waals surface area contributed by atoms with Gasteiger partial charge in [0.15, 0.2) is 5.96 Å². The first-order valence-corrected chi connectivity index (χ1v) is 6.84. The van der Waals surface area contributed by atoms with Crippen LogP contribution in [0.4, 0.5) is 5.69 Å². The van der Waals surface area contributed by atoms with Gasteiger partial charge >= 0.3 is 0 Å². The Bertz CT molecular complexity index is 441. The van der Waals surface area contributed by atoms with Crippen molar-refractivity contribution in [1.82, 2.24) is 0 Å². The first-order chi connectivity index (χ1) is 8.66. The van der Waals surface area contributed by atoms with Crippen LogP contribution in [-0.2, 0) is 12.8 Å². The van der Waals surface area contributed by atoms with Crippen LogP contribution in [0.15, 0.2) is 23.2 Å². The molecule has 19 heavy (non-hydrogen) atoms. The summed E-state index contributed by atoms with van der Waals surface area (Å²) in [4.78, 5) is 4.35. The second-order valence-electron chi connectivity index (χ2n) is 5.40. The lowest BCUT2D eigenvalue weighted by molar-refractivity contribution is 0.665. The molecule has 1 aliphatic carbocycles. The number of nitrogens with two attached hydrogens (primary N) is 1. The van der Waals surface area contributed by atoms with Crippen LogP contribution in [0.2, 0.25) is 0 Å². The zero-order valence-corrected chi connectivity index (χ0v) is 14.1. The van der Waals surface area contributed by atoms with Gasteiger partial charge in [-0.2, -0.15) is 0 Å². The lowest BCUT2D eigenvalue weighted by Gasteiger charge is -2.19. The van der Waals surface area contributed by atoms with Gasteiger partial charge in [0.2, 0.25) is 0 Å². The van der Waals surface area contributed by atoms with E-state index in [0.717, 1.165) is 18.7 Å². The van der Waals surface area contributed by atoms with Gasteiger partial charge in [-0.15, -0.1) is 24.0 Å². The summed E-state index contributed by atoms with van der Waals surface area (Å²) >= 11 is 0. The van der Waals surface area contributed by atoms with Gasteiger partial charge in [-0.05, 0) is 48.8 Å². The maximum Gasteiger partial charge on any atom is 0.193 e. The molecule has 106 valence electrons. The number of anilines is 1. The predicted octanol–water partition coefficient (Wildman–Crippen LogP) is 3.57. The minimum atomic E-state index is 0. The highest BCUT2D eigenvalue weighted by molar-refractivity contribution is 14.0. The van der Waals surface area contributed by atoms with E-state index in [1.54, 1.807) is 0 Å². The molecule has 1 aromatic carbocycles. The second kappa shape index (κ2) is 7.72. The Morgan fingerprint density at radius 3 is 2.79 bits per heavy atom. The number of aryl methyl sites for hydroxylation is 1. The average Bonchev–Trinajstić information content (AvgIpc) is 2.37. The van der Waals surface area contributed by atoms with Gasteiger partial charge in [0.25, 0.3) is 0 Å².